The first-order valence-corrected chi connectivity index (χ1v) is 27.6. The molecule has 0 saturated carbocycles. The van der Waals surface area contributed by atoms with Crippen LogP contribution >= 0.6 is 7.75 Å². The van der Waals surface area contributed by atoms with Crippen molar-refractivity contribution in [2.75, 3.05) is 20.3 Å². The summed E-state index contributed by atoms with van der Waals surface area (Å²) < 4.78 is 55.1. The maximum Gasteiger partial charge on any atom is 0.459 e. The van der Waals surface area contributed by atoms with Gasteiger partial charge in [0.2, 0.25) is 0 Å². The number of esters is 1. The van der Waals surface area contributed by atoms with Gasteiger partial charge in [-0.25, -0.2) is 9.56 Å². The summed E-state index contributed by atoms with van der Waals surface area (Å²) in [5.74, 6) is 0.309. The number of rotatable bonds is 18. The zero-order chi connectivity index (χ0) is 42.6. The predicted molar refractivity (Wildman–Crippen MR) is 233 cm³/mol. The number of amidine groups is 1. The molecule has 7 atom stereocenters. The predicted octanol–water partition coefficient (Wildman–Crippen LogP) is 8.04. The highest BCUT2D eigenvalue weighted by Gasteiger charge is 2.65. The number of nitrogens with one attached hydrogen (secondary N) is 1. The van der Waals surface area contributed by atoms with Crippen LogP contribution in [0.2, 0.25) is 36.3 Å². The van der Waals surface area contributed by atoms with Crippen LogP contribution in [0.15, 0.2) is 57.2 Å². The van der Waals surface area contributed by atoms with Crippen molar-refractivity contribution in [3.63, 3.8) is 0 Å². The van der Waals surface area contributed by atoms with E-state index in [1.54, 1.807) is 44.5 Å². The molecule has 3 aliphatic heterocycles. The first-order valence-electron chi connectivity index (χ1n) is 20.2. The van der Waals surface area contributed by atoms with Gasteiger partial charge in [-0.05, 0) is 67.7 Å². The first-order chi connectivity index (χ1) is 26.4. The molecule has 0 radical (unpaired) electrons. The Morgan fingerprint density at radius 3 is 2.28 bits per heavy atom. The minimum absolute atomic E-state index is 0.181. The third kappa shape index (κ3) is 10.7. The molecule has 320 valence electrons. The molecule has 0 spiro atoms. The minimum Gasteiger partial charge on any atom is -0.464 e. The van der Waals surface area contributed by atoms with Gasteiger partial charge in [-0.15, -0.1) is 0 Å². The monoisotopic (exact) mass is 848 g/mol. The second-order valence-electron chi connectivity index (χ2n) is 18.3. The quantitative estimate of drug-likeness (QED) is 0.0635. The van der Waals surface area contributed by atoms with Gasteiger partial charge in [0.15, 0.2) is 28.1 Å². The summed E-state index contributed by atoms with van der Waals surface area (Å²) in [4.78, 5) is 22.1. The van der Waals surface area contributed by atoms with Crippen molar-refractivity contribution in [1.82, 2.24) is 10.1 Å². The summed E-state index contributed by atoms with van der Waals surface area (Å²) in [5, 5.41) is 8.98. The van der Waals surface area contributed by atoms with Crippen LogP contribution in [0.5, 0.6) is 5.75 Å². The van der Waals surface area contributed by atoms with Crippen LogP contribution in [-0.2, 0) is 32.2 Å². The molecule has 1 aromatic carbocycles. The van der Waals surface area contributed by atoms with Crippen molar-refractivity contribution in [3.05, 3.63) is 42.1 Å². The number of benzene rings is 1. The fraction of sp³-hybridized carbons (Fsp3) is 0.700. The number of hydrogen-bond donors (Lipinski definition) is 2. The second kappa shape index (κ2) is 18.3. The van der Waals surface area contributed by atoms with E-state index >= 15 is 0 Å². The fourth-order valence-corrected chi connectivity index (χ4v) is 10.6. The number of ether oxygens (including phenoxy) is 2. The van der Waals surface area contributed by atoms with E-state index in [0.717, 1.165) is 12.8 Å². The standard InChI is InChI=1S/C40H69N6O8PSi2/c1-15-29(16-2)24-49-37(47)28(3)45-55(48,52-30-20-18-17-19-21-30)50-25-32-34(53-56(11,12)38(4,5)6)35(54-57(13,14)39(7,8)9)40(51-32,26-42-10)33-23-22-31-36(41)43-27-44-46(31)33/h17-22,26-29,32-35H,15-16,23-25H2,1-14H3,(H,45,48)(H2,41,43,44)/t28-,32+,33?,34?,35?,40-,55?/m0/s1. The molecule has 3 N–H and O–H groups in total. The summed E-state index contributed by atoms with van der Waals surface area (Å²) in [6, 6.07) is 7.23. The maximum absolute atomic E-state index is 14.9. The number of nitrogens with zero attached hydrogens (tertiary/aromatic N) is 4. The van der Waals surface area contributed by atoms with Crippen molar-refractivity contribution < 1.29 is 36.7 Å². The molecule has 3 aliphatic rings. The molecule has 4 rings (SSSR count). The van der Waals surface area contributed by atoms with Gasteiger partial charge in [0.1, 0.15) is 36.4 Å². The Morgan fingerprint density at radius 2 is 1.70 bits per heavy atom. The second-order valence-corrected chi connectivity index (χ2v) is 29.5. The molecule has 17 heteroatoms. The van der Waals surface area contributed by atoms with Gasteiger partial charge in [-0.1, -0.05) is 92.5 Å². The molecule has 4 unspecified atom stereocenters. The molecule has 14 nitrogen and oxygen atoms in total. The van der Waals surface area contributed by atoms with E-state index in [4.69, 9.17) is 33.1 Å². The molecule has 0 aliphatic carbocycles. The van der Waals surface area contributed by atoms with Crippen LogP contribution in [0.3, 0.4) is 0 Å². The van der Waals surface area contributed by atoms with Gasteiger partial charge in [0.05, 0.1) is 25.0 Å². The van der Waals surface area contributed by atoms with Crippen LogP contribution in [0, 0.1) is 5.92 Å². The number of hydrogen-bond acceptors (Lipinski definition) is 13. The Hall–Kier alpha value is -2.70. The lowest BCUT2D eigenvalue weighted by molar-refractivity contribution is -0.146. The molecule has 0 bridgehead atoms. The lowest BCUT2D eigenvalue weighted by Gasteiger charge is -2.47. The minimum atomic E-state index is -4.29. The smallest absolute Gasteiger partial charge is 0.459 e. The normalized spacial score (nSPS) is 26.0. The molecule has 1 aromatic rings. The average Bonchev–Trinajstić information content (AvgIpc) is 3.68. The molecule has 1 fully saturated rings. The van der Waals surface area contributed by atoms with Gasteiger partial charge in [0, 0.05) is 13.3 Å². The summed E-state index contributed by atoms with van der Waals surface area (Å²) in [7, 11) is -7.72. The summed E-state index contributed by atoms with van der Waals surface area (Å²) >= 11 is 0. The number of aliphatic imine (C=N–C) groups is 2. The van der Waals surface area contributed by atoms with E-state index in [0.29, 0.717) is 23.7 Å². The van der Waals surface area contributed by atoms with Crippen molar-refractivity contribution in [2.45, 2.75) is 154 Å². The third-order valence-corrected chi connectivity index (χ3v) is 22.8. The molecule has 1 saturated heterocycles. The first kappa shape index (κ1) is 47.0. The fourth-order valence-electron chi connectivity index (χ4n) is 6.50. The van der Waals surface area contributed by atoms with Gasteiger partial charge >= 0.3 is 13.7 Å². The van der Waals surface area contributed by atoms with E-state index in [1.165, 1.54) is 6.34 Å². The molecular weight excluding hydrogens is 780 g/mol. The van der Waals surface area contributed by atoms with Crippen molar-refractivity contribution >= 4 is 48.7 Å². The lowest BCUT2D eigenvalue weighted by atomic mass is 9.86. The number of nitrogens with two attached hydrogens (primary N) is 1. The summed E-state index contributed by atoms with van der Waals surface area (Å²) in [6.07, 6.45) is 5.21. The Labute approximate surface area is 343 Å². The molecule has 0 aromatic heterocycles. The zero-order valence-electron chi connectivity index (χ0n) is 36.7. The Balaban J connectivity index is 1.81. The van der Waals surface area contributed by atoms with E-state index in [9.17, 15) is 9.36 Å². The summed E-state index contributed by atoms with van der Waals surface area (Å²) in [5.41, 5.74) is 5.80. The Kier molecular flexibility index (Phi) is 15.1. The third-order valence-electron chi connectivity index (χ3n) is 12.2. The Bertz CT molecular complexity index is 1710. The van der Waals surface area contributed by atoms with Crippen LogP contribution in [0.1, 0.15) is 81.6 Å². The van der Waals surface area contributed by atoms with Gasteiger partial charge in [-0.2, -0.15) is 10.2 Å². The van der Waals surface area contributed by atoms with Crippen molar-refractivity contribution in [3.8, 4) is 5.75 Å². The number of hydrazone groups is 1. The topological polar surface area (TPSA) is 168 Å². The highest BCUT2D eigenvalue weighted by Crippen LogP contribution is 2.51. The molecular formula is C40H69N6O8PSi2. The highest BCUT2D eigenvalue weighted by molar-refractivity contribution is 7.52. The van der Waals surface area contributed by atoms with Crippen LogP contribution in [-0.4, -0.2) is 102 Å². The number of fused-ring (bicyclic) bond motifs is 1. The number of para-hydroxylation sites is 1. The van der Waals surface area contributed by atoms with E-state index < -0.39 is 66.3 Å². The number of carbonyl (C=O) groups excluding carboxylic acids is 1. The van der Waals surface area contributed by atoms with Crippen molar-refractivity contribution in [1.29, 1.82) is 0 Å². The van der Waals surface area contributed by atoms with E-state index in [2.05, 4.69) is 102 Å². The van der Waals surface area contributed by atoms with E-state index in [1.807, 2.05) is 17.2 Å². The zero-order valence-corrected chi connectivity index (χ0v) is 39.6. The van der Waals surface area contributed by atoms with Gasteiger partial charge < -0.3 is 28.6 Å². The van der Waals surface area contributed by atoms with E-state index in [-0.39, 0.29) is 29.2 Å². The Morgan fingerprint density at radius 1 is 1.09 bits per heavy atom. The SMILES string of the molecule is CCC(CC)COC(=O)[C@H](C)NP(=O)(OC[C@H]1O[C@@](C=NC)(C2CC=C3C(N)=NC=NN32)C(O[Si](C)(C)C(C)(C)C)C1O[Si](C)(C)C(C)(C)C)Oc1ccccc1. The van der Waals surface area contributed by atoms with Crippen LogP contribution in [0.25, 0.3) is 0 Å². The molecule has 3 heterocycles. The largest absolute Gasteiger partial charge is 0.464 e. The van der Waals surface area contributed by atoms with Crippen LogP contribution < -0.4 is 15.3 Å². The lowest BCUT2D eigenvalue weighted by Crippen LogP contribution is -2.63. The average molecular weight is 849 g/mol. The highest BCUT2D eigenvalue weighted by atomic mass is 31.2. The molecule has 57 heavy (non-hydrogen) atoms. The van der Waals surface area contributed by atoms with Gasteiger partial charge in [0.25, 0.3) is 0 Å². The summed E-state index contributed by atoms with van der Waals surface area (Å²) in [6.45, 7) is 27.6. The molecule has 0 amide bonds. The van der Waals surface area contributed by atoms with Crippen LogP contribution in [0.4, 0.5) is 0 Å². The maximum atomic E-state index is 14.9. The van der Waals surface area contributed by atoms with Gasteiger partial charge in [-0.3, -0.25) is 19.3 Å². The number of carbonyl (C=O) groups is 1. The van der Waals surface area contributed by atoms with Crippen molar-refractivity contribution in [2.24, 2.45) is 26.7 Å².